The summed E-state index contributed by atoms with van der Waals surface area (Å²) in [6, 6.07) is 12.8. The Hall–Kier alpha value is -3.44. The molecular weight excluding hydrogens is 464 g/mol. The van der Waals surface area contributed by atoms with E-state index in [9.17, 15) is 4.79 Å². The quantitative estimate of drug-likeness (QED) is 0.367. The van der Waals surface area contributed by atoms with Gasteiger partial charge in [0.1, 0.15) is 12.1 Å². The molecule has 11 heteroatoms. The average Bonchev–Trinajstić information content (AvgIpc) is 3.29. The zero-order chi connectivity index (χ0) is 24.5. The molecule has 0 radical (unpaired) electrons. The molecule has 1 atom stereocenters. The summed E-state index contributed by atoms with van der Waals surface area (Å²) in [5, 5.41) is 10.8. The van der Waals surface area contributed by atoms with Crippen molar-refractivity contribution in [1.29, 1.82) is 0 Å². The summed E-state index contributed by atoms with van der Waals surface area (Å²) < 4.78 is 5.76. The van der Waals surface area contributed by atoms with E-state index in [0.29, 0.717) is 36.4 Å². The number of carbonyl (C=O) groups excluding carboxylic acids is 1. The predicted molar refractivity (Wildman–Crippen MR) is 141 cm³/mol. The summed E-state index contributed by atoms with van der Waals surface area (Å²) in [5.74, 6) is 1.31. The predicted octanol–water partition coefficient (Wildman–Crippen LogP) is 3.45. The maximum absolute atomic E-state index is 12.2. The normalized spacial score (nSPS) is 15.2. The second-order valence-corrected chi connectivity index (χ2v) is 9.58. The number of rotatable bonds is 10. The van der Waals surface area contributed by atoms with Crippen LogP contribution in [0.2, 0.25) is 0 Å². The smallest absolute Gasteiger partial charge is 0.325 e. The molecule has 3 N–H and O–H groups in total. The Morgan fingerprint density at radius 2 is 2.00 bits per heavy atom. The van der Waals surface area contributed by atoms with Crippen LogP contribution in [-0.4, -0.2) is 76.6 Å². The summed E-state index contributed by atoms with van der Waals surface area (Å²) >= 11 is 1.57. The Balaban J connectivity index is 1.21. The molecule has 3 heterocycles. The van der Waals surface area contributed by atoms with Crippen molar-refractivity contribution < 1.29 is 9.53 Å². The number of amidine groups is 1. The van der Waals surface area contributed by atoms with Crippen molar-refractivity contribution in [3.8, 4) is 5.88 Å². The number of hydrogen-bond donors (Lipinski definition) is 3. The number of hydrogen-bond acceptors (Lipinski definition) is 9. The maximum atomic E-state index is 12.2. The highest BCUT2D eigenvalue weighted by molar-refractivity contribution is 8.14. The summed E-state index contributed by atoms with van der Waals surface area (Å²) in [6.45, 7) is 2.95. The van der Waals surface area contributed by atoms with E-state index in [-0.39, 0.29) is 11.3 Å². The van der Waals surface area contributed by atoms with Crippen molar-refractivity contribution >= 4 is 45.5 Å². The Morgan fingerprint density at radius 3 is 2.83 bits per heavy atom. The fourth-order valence-electron chi connectivity index (χ4n) is 3.47. The monoisotopic (exact) mass is 494 g/mol. The van der Waals surface area contributed by atoms with Crippen molar-refractivity contribution in [2.45, 2.75) is 18.1 Å². The molecule has 4 rings (SSSR count). The summed E-state index contributed by atoms with van der Waals surface area (Å²) in [6.07, 6.45) is 3.31. The van der Waals surface area contributed by atoms with Gasteiger partial charge in [-0.1, -0.05) is 30.0 Å². The first-order valence-electron chi connectivity index (χ1n) is 11.5. The van der Waals surface area contributed by atoms with Crippen LogP contribution in [0.1, 0.15) is 12.8 Å². The highest BCUT2D eigenvalue weighted by Gasteiger charge is 2.21. The molecule has 0 bridgehead atoms. The van der Waals surface area contributed by atoms with E-state index in [1.807, 2.05) is 56.6 Å². The van der Waals surface area contributed by atoms with Crippen LogP contribution in [0.3, 0.4) is 0 Å². The largest absolute Gasteiger partial charge is 0.478 e. The molecule has 184 valence electrons. The van der Waals surface area contributed by atoms with Gasteiger partial charge in [-0.25, -0.2) is 14.8 Å². The Bertz CT molecular complexity index is 1160. The van der Waals surface area contributed by atoms with E-state index in [2.05, 4.69) is 40.8 Å². The molecule has 3 aromatic rings. The van der Waals surface area contributed by atoms with Crippen molar-refractivity contribution in [3.05, 3.63) is 48.8 Å². The van der Waals surface area contributed by atoms with Crippen molar-refractivity contribution in [1.82, 2.24) is 25.2 Å². The number of benzene rings is 1. The van der Waals surface area contributed by atoms with Gasteiger partial charge in [0, 0.05) is 30.1 Å². The molecule has 0 spiro atoms. The zero-order valence-corrected chi connectivity index (χ0v) is 20.7. The Morgan fingerprint density at radius 1 is 1.14 bits per heavy atom. The Labute approximate surface area is 209 Å². The topological polar surface area (TPSA) is 117 Å². The van der Waals surface area contributed by atoms with Gasteiger partial charge in [0.25, 0.3) is 0 Å². The molecule has 0 aliphatic carbocycles. The maximum Gasteiger partial charge on any atom is 0.325 e. The number of ether oxygens (including phenoxy) is 1. The fourth-order valence-corrected chi connectivity index (χ4v) is 4.47. The summed E-state index contributed by atoms with van der Waals surface area (Å²) in [4.78, 5) is 31.9. The third kappa shape index (κ3) is 7.52. The number of urea groups is 1. The lowest BCUT2D eigenvalue weighted by atomic mass is 10.2. The molecular formula is C24H30N8O2S. The van der Waals surface area contributed by atoms with Gasteiger partial charge in [0.15, 0.2) is 10.8 Å². The van der Waals surface area contributed by atoms with Gasteiger partial charge in [-0.15, -0.1) is 0 Å². The van der Waals surface area contributed by atoms with Crippen molar-refractivity contribution in [2.75, 3.05) is 51.0 Å². The number of thioether (sulfide) groups is 1. The minimum absolute atomic E-state index is 0.280. The zero-order valence-electron chi connectivity index (χ0n) is 19.9. The Kier molecular flexibility index (Phi) is 8.68. The number of amides is 2. The van der Waals surface area contributed by atoms with Crippen molar-refractivity contribution in [2.24, 2.45) is 4.99 Å². The van der Waals surface area contributed by atoms with Gasteiger partial charge in [-0.05, 0) is 45.1 Å². The first-order chi connectivity index (χ1) is 17.1. The van der Waals surface area contributed by atoms with Crippen LogP contribution in [-0.2, 0) is 0 Å². The SMILES string of the molecule is CN(C)CCCOc1ccc2c(NCCC3CN=C(NC(=O)Nc4ccccc4)S3)ncnc2n1. The third-order valence-electron chi connectivity index (χ3n) is 5.20. The van der Waals surface area contributed by atoms with Crippen LogP contribution in [0.5, 0.6) is 5.88 Å². The number of nitrogens with one attached hydrogen (secondary N) is 3. The number of para-hydroxylation sites is 1. The first kappa shape index (κ1) is 24.7. The lowest BCUT2D eigenvalue weighted by Gasteiger charge is -2.12. The van der Waals surface area contributed by atoms with Crippen LogP contribution in [0, 0.1) is 0 Å². The molecule has 0 saturated heterocycles. The van der Waals surface area contributed by atoms with Crippen molar-refractivity contribution in [3.63, 3.8) is 0 Å². The number of pyridine rings is 1. The van der Waals surface area contributed by atoms with E-state index < -0.39 is 0 Å². The van der Waals surface area contributed by atoms with E-state index in [1.54, 1.807) is 11.8 Å². The molecule has 1 unspecified atom stereocenters. The van der Waals surface area contributed by atoms with Gasteiger partial charge < -0.3 is 20.3 Å². The van der Waals surface area contributed by atoms with E-state index in [1.165, 1.54) is 6.33 Å². The van der Waals surface area contributed by atoms with Gasteiger partial charge in [-0.3, -0.25) is 10.3 Å². The van der Waals surface area contributed by atoms with Gasteiger partial charge >= 0.3 is 6.03 Å². The van der Waals surface area contributed by atoms with Crippen LogP contribution < -0.4 is 20.7 Å². The fraction of sp³-hybridized carbons (Fsp3) is 0.375. The number of carbonyl (C=O) groups is 1. The summed E-state index contributed by atoms with van der Waals surface area (Å²) in [5.41, 5.74) is 1.34. The van der Waals surface area contributed by atoms with Crippen LogP contribution in [0.15, 0.2) is 53.8 Å². The number of aromatic nitrogens is 3. The van der Waals surface area contributed by atoms with E-state index in [0.717, 1.165) is 36.3 Å². The molecule has 2 aromatic heterocycles. The minimum atomic E-state index is -0.290. The van der Waals surface area contributed by atoms with Crippen LogP contribution in [0.4, 0.5) is 16.3 Å². The minimum Gasteiger partial charge on any atom is -0.478 e. The number of nitrogens with zero attached hydrogens (tertiary/aromatic N) is 5. The molecule has 0 fully saturated rings. The first-order valence-corrected chi connectivity index (χ1v) is 12.4. The third-order valence-corrected chi connectivity index (χ3v) is 6.37. The molecule has 2 amide bonds. The van der Waals surface area contributed by atoms with Gasteiger partial charge in [0.2, 0.25) is 5.88 Å². The molecule has 10 nitrogen and oxygen atoms in total. The number of anilines is 2. The lowest BCUT2D eigenvalue weighted by molar-refractivity contribution is 0.256. The van der Waals surface area contributed by atoms with E-state index in [4.69, 9.17) is 4.74 Å². The second kappa shape index (κ2) is 12.3. The summed E-state index contributed by atoms with van der Waals surface area (Å²) in [7, 11) is 4.08. The standard InChI is InChI=1S/C24H30N8O2S/c1-32(2)13-6-14-34-20-10-9-19-21(27-16-28-22(19)30-20)25-12-11-18-15-26-24(35-18)31-23(33)29-17-7-4-3-5-8-17/h3-5,7-10,16,18H,6,11-15H2,1-2H3,(H,25,27,28,30)(H2,26,29,31,33). The van der Waals surface area contributed by atoms with E-state index >= 15 is 0 Å². The molecule has 1 aliphatic heterocycles. The molecule has 0 saturated carbocycles. The molecule has 35 heavy (non-hydrogen) atoms. The highest BCUT2D eigenvalue weighted by Crippen LogP contribution is 2.24. The average molecular weight is 495 g/mol. The number of aliphatic imine (C=N–C) groups is 1. The lowest BCUT2D eigenvalue weighted by Crippen LogP contribution is -2.32. The molecule has 1 aromatic carbocycles. The highest BCUT2D eigenvalue weighted by atomic mass is 32.2. The van der Waals surface area contributed by atoms with Crippen LogP contribution in [0.25, 0.3) is 11.0 Å². The number of fused-ring (bicyclic) bond motifs is 1. The molecule has 1 aliphatic rings. The van der Waals surface area contributed by atoms with Crippen LogP contribution >= 0.6 is 11.8 Å². The van der Waals surface area contributed by atoms with Gasteiger partial charge in [0.05, 0.1) is 18.5 Å². The van der Waals surface area contributed by atoms with Gasteiger partial charge in [-0.2, -0.15) is 4.98 Å². The second-order valence-electron chi connectivity index (χ2n) is 8.29.